The molecule has 0 bridgehead atoms. The van der Waals surface area contributed by atoms with Gasteiger partial charge in [0.05, 0.1) is 33.3 Å². The molecule has 2 aliphatic heterocycles. The number of amides is 1. The zero-order chi connectivity index (χ0) is 20.5. The fraction of sp³-hybridized carbons (Fsp3) is 0.136. The normalized spacial score (nSPS) is 18.6. The smallest absolute Gasteiger partial charge is 0.335 e. The number of aromatic carboxylic acids is 1. The second kappa shape index (κ2) is 7.60. The molecular formula is C22H19N3O3S. The molecule has 0 spiro atoms. The number of hydrogen-bond donors (Lipinski definition) is 1. The van der Waals surface area contributed by atoms with Gasteiger partial charge in [0, 0.05) is 11.4 Å². The van der Waals surface area contributed by atoms with Crippen LogP contribution in [0.15, 0.2) is 81.3 Å². The average Bonchev–Trinajstić information content (AvgIpc) is 3.22. The number of thioether (sulfide) groups is 1. The minimum absolute atomic E-state index is 0.166. The molecule has 2 aromatic carbocycles. The molecule has 0 fully saturated rings. The quantitative estimate of drug-likeness (QED) is 0.758. The first kappa shape index (κ1) is 19.0. The van der Waals surface area contributed by atoms with Gasteiger partial charge in [-0.1, -0.05) is 23.9 Å². The summed E-state index contributed by atoms with van der Waals surface area (Å²) in [5, 5.41) is 15.7. The molecule has 0 saturated carbocycles. The number of allylic oxidation sites excluding steroid dienone is 2. The van der Waals surface area contributed by atoms with Crippen molar-refractivity contribution in [1.82, 2.24) is 0 Å². The maximum absolute atomic E-state index is 12.9. The number of carbonyl (C=O) groups excluding carboxylic acids is 1. The lowest BCUT2D eigenvalue weighted by atomic mass is 10.1. The van der Waals surface area contributed by atoms with Crippen LogP contribution in [0.3, 0.4) is 0 Å². The number of hydrazone groups is 1. The molecule has 0 atom stereocenters. The van der Waals surface area contributed by atoms with Gasteiger partial charge in [0.25, 0.3) is 5.91 Å². The zero-order valence-corrected chi connectivity index (χ0v) is 16.8. The number of carboxylic acid groups (broad SMARTS) is 1. The van der Waals surface area contributed by atoms with Crippen LogP contribution in [0.1, 0.15) is 24.2 Å². The van der Waals surface area contributed by atoms with E-state index in [1.165, 1.54) is 27.7 Å². The minimum Gasteiger partial charge on any atom is -0.478 e. The van der Waals surface area contributed by atoms with Gasteiger partial charge in [0.15, 0.2) is 0 Å². The second-order valence-electron chi connectivity index (χ2n) is 6.55. The van der Waals surface area contributed by atoms with Crippen molar-refractivity contribution in [3.05, 3.63) is 76.8 Å². The summed E-state index contributed by atoms with van der Waals surface area (Å²) in [6, 6.07) is 14.3. The molecule has 0 radical (unpaired) electrons. The molecule has 2 aromatic rings. The number of benzene rings is 2. The fourth-order valence-electron chi connectivity index (χ4n) is 3.29. The van der Waals surface area contributed by atoms with Gasteiger partial charge in [-0.25, -0.2) is 4.79 Å². The van der Waals surface area contributed by atoms with Crippen molar-refractivity contribution in [1.29, 1.82) is 0 Å². The van der Waals surface area contributed by atoms with E-state index in [4.69, 9.17) is 5.11 Å². The molecule has 0 aromatic heterocycles. The molecule has 1 N–H and O–H groups in total. The minimum atomic E-state index is -1.01. The van der Waals surface area contributed by atoms with Crippen LogP contribution in [0, 0.1) is 0 Å². The van der Waals surface area contributed by atoms with Crippen molar-refractivity contribution in [3.8, 4) is 0 Å². The second-order valence-corrected chi connectivity index (χ2v) is 7.62. The third kappa shape index (κ3) is 3.45. The van der Waals surface area contributed by atoms with E-state index in [0.717, 1.165) is 11.6 Å². The topological polar surface area (TPSA) is 73.2 Å². The first-order chi connectivity index (χ1) is 14.0. The number of nitrogens with zero attached hydrogens (tertiary/aromatic N) is 3. The van der Waals surface area contributed by atoms with Gasteiger partial charge in [-0.05, 0) is 62.4 Å². The van der Waals surface area contributed by atoms with Crippen LogP contribution in [0.5, 0.6) is 0 Å². The van der Waals surface area contributed by atoms with Crippen molar-refractivity contribution in [2.45, 2.75) is 18.7 Å². The number of hydrogen-bond acceptors (Lipinski definition) is 5. The summed E-state index contributed by atoms with van der Waals surface area (Å²) < 4.78 is 0. The molecule has 2 aliphatic rings. The molecule has 29 heavy (non-hydrogen) atoms. The Balaban J connectivity index is 1.59. The van der Waals surface area contributed by atoms with E-state index >= 15 is 0 Å². The third-order valence-corrected chi connectivity index (χ3v) is 5.90. The Kier molecular flexibility index (Phi) is 4.98. The van der Waals surface area contributed by atoms with Gasteiger partial charge < -0.3 is 10.0 Å². The molecule has 0 unspecified atom stereocenters. The highest BCUT2D eigenvalue weighted by Crippen LogP contribution is 2.45. The van der Waals surface area contributed by atoms with E-state index in [1.807, 2.05) is 24.3 Å². The van der Waals surface area contributed by atoms with Crippen LogP contribution in [-0.2, 0) is 4.79 Å². The lowest BCUT2D eigenvalue weighted by Gasteiger charge is -2.17. The van der Waals surface area contributed by atoms with Crippen molar-refractivity contribution in [3.63, 3.8) is 0 Å². The van der Waals surface area contributed by atoms with Gasteiger partial charge >= 0.3 is 5.97 Å². The SMILES string of the molecule is CCN1C(=CC=C2C(=O)N(c3ccc(C(=O)O)cc3)N=C2C)Sc2ccccc21. The predicted octanol–water partition coefficient (Wildman–Crippen LogP) is 4.51. The van der Waals surface area contributed by atoms with Crippen LogP contribution in [-0.4, -0.2) is 29.2 Å². The number of fused-ring (bicyclic) bond motifs is 1. The van der Waals surface area contributed by atoms with Gasteiger partial charge in [0.1, 0.15) is 0 Å². The van der Waals surface area contributed by atoms with Crippen molar-refractivity contribution >= 4 is 40.7 Å². The summed E-state index contributed by atoms with van der Waals surface area (Å²) in [5.41, 5.74) is 3.02. The van der Waals surface area contributed by atoms with E-state index in [9.17, 15) is 9.59 Å². The highest BCUT2D eigenvalue weighted by molar-refractivity contribution is 8.03. The first-order valence-corrected chi connectivity index (χ1v) is 10.0. The maximum atomic E-state index is 12.9. The highest BCUT2D eigenvalue weighted by Gasteiger charge is 2.29. The van der Waals surface area contributed by atoms with Gasteiger partial charge in [0.2, 0.25) is 0 Å². The molecule has 0 saturated heterocycles. The van der Waals surface area contributed by atoms with E-state index < -0.39 is 5.97 Å². The van der Waals surface area contributed by atoms with Crippen LogP contribution < -0.4 is 9.91 Å². The lowest BCUT2D eigenvalue weighted by Crippen LogP contribution is -2.21. The largest absolute Gasteiger partial charge is 0.478 e. The summed E-state index contributed by atoms with van der Waals surface area (Å²) in [7, 11) is 0. The summed E-state index contributed by atoms with van der Waals surface area (Å²) in [5.74, 6) is -1.24. The number of para-hydroxylation sites is 1. The van der Waals surface area contributed by atoms with E-state index in [0.29, 0.717) is 17.0 Å². The summed E-state index contributed by atoms with van der Waals surface area (Å²) in [4.78, 5) is 27.3. The summed E-state index contributed by atoms with van der Waals surface area (Å²) in [6.45, 7) is 4.73. The number of carboxylic acids is 1. The third-order valence-electron chi connectivity index (χ3n) is 4.77. The van der Waals surface area contributed by atoms with Crippen molar-refractivity contribution in [2.24, 2.45) is 5.10 Å². The maximum Gasteiger partial charge on any atom is 0.335 e. The highest BCUT2D eigenvalue weighted by atomic mass is 32.2. The molecule has 0 aliphatic carbocycles. The predicted molar refractivity (Wildman–Crippen MR) is 115 cm³/mol. The molecule has 7 heteroatoms. The van der Waals surface area contributed by atoms with Gasteiger partial charge in [-0.2, -0.15) is 10.1 Å². The van der Waals surface area contributed by atoms with E-state index in [2.05, 4.69) is 29.1 Å². The molecule has 1 amide bonds. The van der Waals surface area contributed by atoms with Crippen LogP contribution in [0.4, 0.5) is 11.4 Å². The molecule has 146 valence electrons. The van der Waals surface area contributed by atoms with Crippen LogP contribution >= 0.6 is 11.8 Å². The molecule has 6 nitrogen and oxygen atoms in total. The lowest BCUT2D eigenvalue weighted by molar-refractivity contribution is -0.114. The molecule has 2 heterocycles. The number of anilines is 2. The Bertz CT molecular complexity index is 1090. The van der Waals surface area contributed by atoms with Crippen molar-refractivity contribution < 1.29 is 14.7 Å². The van der Waals surface area contributed by atoms with Crippen molar-refractivity contribution in [2.75, 3.05) is 16.5 Å². The Labute approximate surface area is 172 Å². The Morgan fingerprint density at radius 2 is 1.86 bits per heavy atom. The molecule has 4 rings (SSSR count). The van der Waals surface area contributed by atoms with Gasteiger partial charge in [-0.15, -0.1) is 0 Å². The zero-order valence-electron chi connectivity index (χ0n) is 16.0. The number of carbonyl (C=O) groups is 2. The fourth-order valence-corrected chi connectivity index (χ4v) is 4.42. The average molecular weight is 405 g/mol. The Morgan fingerprint density at radius 3 is 2.55 bits per heavy atom. The summed E-state index contributed by atoms with van der Waals surface area (Å²) >= 11 is 1.68. The number of rotatable bonds is 4. The molecular weight excluding hydrogens is 386 g/mol. The van der Waals surface area contributed by atoms with E-state index in [1.54, 1.807) is 30.8 Å². The Hall–Kier alpha value is -3.32. The Morgan fingerprint density at radius 1 is 1.14 bits per heavy atom. The first-order valence-electron chi connectivity index (χ1n) is 9.19. The van der Waals surface area contributed by atoms with Gasteiger partial charge in [-0.3, -0.25) is 4.79 Å². The van der Waals surface area contributed by atoms with E-state index in [-0.39, 0.29) is 11.5 Å². The standard InChI is InChI=1S/C22H19N3O3S/c1-3-24-18-6-4-5-7-19(18)29-20(24)13-12-17-14(2)23-25(21(17)26)16-10-8-15(9-11-16)22(27)28/h4-13H,3H2,1-2H3,(H,27,28). The monoisotopic (exact) mass is 405 g/mol. The van der Waals surface area contributed by atoms with Crippen LogP contribution in [0.25, 0.3) is 0 Å². The van der Waals surface area contributed by atoms with Crippen LogP contribution in [0.2, 0.25) is 0 Å². The summed E-state index contributed by atoms with van der Waals surface area (Å²) in [6.07, 6.45) is 3.76.